The topological polar surface area (TPSA) is 64.0 Å². The van der Waals surface area contributed by atoms with Gasteiger partial charge in [-0.2, -0.15) is 5.10 Å². The minimum Gasteiger partial charge on any atom is -0.283 e. The molecule has 0 atom stereocenters. The summed E-state index contributed by atoms with van der Waals surface area (Å²) < 4.78 is 28.2. The van der Waals surface area contributed by atoms with Crippen molar-refractivity contribution in [1.29, 1.82) is 0 Å². The second-order valence-corrected chi connectivity index (χ2v) is 6.35. The number of benzene rings is 1. The van der Waals surface area contributed by atoms with E-state index in [1.54, 1.807) is 12.3 Å². The van der Waals surface area contributed by atoms with Crippen LogP contribution in [0.5, 0.6) is 0 Å². The van der Waals surface area contributed by atoms with E-state index in [-0.39, 0.29) is 5.75 Å². The lowest BCUT2D eigenvalue weighted by Gasteiger charge is -2.08. The van der Waals surface area contributed by atoms with Crippen LogP contribution in [-0.4, -0.2) is 24.0 Å². The molecule has 0 spiro atoms. The number of nitrogens with one attached hydrogen (secondary N) is 1. The van der Waals surface area contributed by atoms with Crippen LogP contribution in [0.1, 0.15) is 26.7 Å². The Labute approximate surface area is 113 Å². The first-order valence-electron chi connectivity index (χ1n) is 6.52. The van der Waals surface area contributed by atoms with E-state index in [0.29, 0.717) is 12.1 Å². The Morgan fingerprint density at radius 2 is 2.11 bits per heavy atom. The van der Waals surface area contributed by atoms with E-state index in [2.05, 4.69) is 9.82 Å². The molecule has 0 aliphatic heterocycles. The maximum Gasteiger partial charge on any atom is 0.232 e. The fourth-order valence-electron chi connectivity index (χ4n) is 1.95. The zero-order chi connectivity index (χ0) is 13.9. The van der Waals surface area contributed by atoms with E-state index in [0.717, 1.165) is 23.9 Å². The van der Waals surface area contributed by atoms with Gasteiger partial charge in [0, 0.05) is 11.9 Å². The molecule has 1 heterocycles. The molecule has 0 unspecified atom stereocenters. The number of aryl methyl sites for hydroxylation is 1. The Kier molecular flexibility index (Phi) is 4.09. The highest BCUT2D eigenvalue weighted by atomic mass is 32.2. The summed E-state index contributed by atoms with van der Waals surface area (Å²) >= 11 is 0. The summed E-state index contributed by atoms with van der Waals surface area (Å²) in [4.78, 5) is 0. The Balaban J connectivity index is 2.26. The van der Waals surface area contributed by atoms with Gasteiger partial charge in [-0.1, -0.05) is 13.3 Å². The lowest BCUT2D eigenvalue weighted by atomic mass is 10.2. The predicted octanol–water partition coefficient (Wildman–Crippen LogP) is 2.60. The highest BCUT2D eigenvalue weighted by molar-refractivity contribution is 7.92. The second-order valence-electron chi connectivity index (χ2n) is 4.51. The summed E-state index contributed by atoms with van der Waals surface area (Å²) in [6.45, 7) is 4.74. The van der Waals surface area contributed by atoms with Crippen molar-refractivity contribution in [2.24, 2.45) is 0 Å². The average Bonchev–Trinajstić information content (AvgIpc) is 2.78. The van der Waals surface area contributed by atoms with E-state index in [4.69, 9.17) is 0 Å². The smallest absolute Gasteiger partial charge is 0.232 e. The minimum absolute atomic E-state index is 0.161. The highest BCUT2D eigenvalue weighted by Gasteiger charge is 2.10. The van der Waals surface area contributed by atoms with Gasteiger partial charge in [0.15, 0.2) is 0 Å². The van der Waals surface area contributed by atoms with Gasteiger partial charge in [0.05, 0.1) is 23.2 Å². The van der Waals surface area contributed by atoms with Gasteiger partial charge in [-0.3, -0.25) is 9.40 Å². The molecule has 0 fully saturated rings. The first-order chi connectivity index (χ1) is 9.05. The molecule has 0 radical (unpaired) electrons. The molecule has 0 amide bonds. The molecule has 19 heavy (non-hydrogen) atoms. The first-order valence-corrected chi connectivity index (χ1v) is 8.17. The molecule has 1 N–H and O–H groups in total. The third-order valence-corrected chi connectivity index (χ3v) is 4.36. The van der Waals surface area contributed by atoms with Crippen LogP contribution in [0, 0.1) is 0 Å². The minimum atomic E-state index is -3.25. The average molecular weight is 281 g/mol. The maximum absolute atomic E-state index is 11.9. The van der Waals surface area contributed by atoms with Gasteiger partial charge in [-0.15, -0.1) is 0 Å². The van der Waals surface area contributed by atoms with Gasteiger partial charge in [0.25, 0.3) is 0 Å². The van der Waals surface area contributed by atoms with E-state index in [1.807, 2.05) is 30.7 Å². The third kappa shape index (κ3) is 3.26. The number of fused-ring (bicyclic) bond motifs is 1. The number of hydrogen-bond acceptors (Lipinski definition) is 3. The molecule has 6 heteroatoms. The third-order valence-electron chi connectivity index (χ3n) is 2.98. The van der Waals surface area contributed by atoms with Crippen LogP contribution in [-0.2, 0) is 16.6 Å². The van der Waals surface area contributed by atoms with Crippen LogP contribution in [0.25, 0.3) is 10.9 Å². The normalized spacial score (nSPS) is 11.9. The summed E-state index contributed by atoms with van der Waals surface area (Å²) in [5.41, 5.74) is 1.54. The number of aromatic nitrogens is 2. The van der Waals surface area contributed by atoms with Crippen LogP contribution < -0.4 is 4.72 Å². The van der Waals surface area contributed by atoms with E-state index in [1.165, 1.54) is 0 Å². The van der Waals surface area contributed by atoms with Gasteiger partial charge in [0.1, 0.15) is 0 Å². The molecule has 0 bridgehead atoms. The molecular formula is C13H19N3O2S. The second kappa shape index (κ2) is 5.61. The standard InChI is InChI=1S/C13H19N3O2S/c1-3-5-8-19(17,18)15-12-7-6-11-10-14-16(4-2)13(11)9-12/h6-7,9-10,15H,3-5,8H2,1-2H3. The van der Waals surface area contributed by atoms with Crippen LogP contribution in [0.15, 0.2) is 24.4 Å². The maximum atomic E-state index is 11.9. The monoisotopic (exact) mass is 281 g/mol. The molecule has 0 saturated carbocycles. The molecule has 1 aromatic carbocycles. The number of rotatable bonds is 6. The fourth-order valence-corrected chi connectivity index (χ4v) is 3.21. The van der Waals surface area contributed by atoms with Crippen molar-refractivity contribution in [3.8, 4) is 0 Å². The molecule has 5 nitrogen and oxygen atoms in total. The molecule has 2 aromatic rings. The highest BCUT2D eigenvalue weighted by Crippen LogP contribution is 2.20. The molecule has 1 aromatic heterocycles. The predicted molar refractivity (Wildman–Crippen MR) is 77.7 cm³/mol. The summed E-state index contributed by atoms with van der Waals surface area (Å²) in [5.74, 6) is 0.161. The van der Waals surface area contributed by atoms with Crippen LogP contribution >= 0.6 is 0 Å². The van der Waals surface area contributed by atoms with Gasteiger partial charge < -0.3 is 0 Å². The summed E-state index contributed by atoms with van der Waals surface area (Å²) in [6.07, 6.45) is 3.32. The number of unbranched alkanes of at least 4 members (excludes halogenated alkanes) is 1. The Hall–Kier alpha value is -1.56. The Bertz CT molecular complexity index is 662. The number of sulfonamides is 1. The Morgan fingerprint density at radius 1 is 1.32 bits per heavy atom. The van der Waals surface area contributed by atoms with Crippen molar-refractivity contribution in [2.75, 3.05) is 10.5 Å². The molecule has 2 rings (SSSR count). The number of anilines is 1. The van der Waals surface area contributed by atoms with Crippen LogP contribution in [0.3, 0.4) is 0 Å². The summed E-state index contributed by atoms with van der Waals surface area (Å²) in [6, 6.07) is 5.48. The molecule has 0 saturated heterocycles. The SMILES string of the molecule is CCCCS(=O)(=O)Nc1ccc2cnn(CC)c2c1. The zero-order valence-corrected chi connectivity index (χ0v) is 12.1. The van der Waals surface area contributed by atoms with E-state index >= 15 is 0 Å². The molecule has 0 aliphatic carbocycles. The first kappa shape index (κ1) is 13.9. The summed E-state index contributed by atoms with van der Waals surface area (Å²) in [5, 5.41) is 5.25. The van der Waals surface area contributed by atoms with E-state index < -0.39 is 10.0 Å². The lowest BCUT2D eigenvalue weighted by molar-refractivity contribution is 0.598. The fraction of sp³-hybridized carbons (Fsp3) is 0.462. The molecule has 104 valence electrons. The molecular weight excluding hydrogens is 262 g/mol. The van der Waals surface area contributed by atoms with E-state index in [9.17, 15) is 8.42 Å². The van der Waals surface area contributed by atoms with Crippen molar-refractivity contribution < 1.29 is 8.42 Å². The van der Waals surface area contributed by atoms with Crippen molar-refractivity contribution in [2.45, 2.75) is 33.2 Å². The van der Waals surface area contributed by atoms with Crippen molar-refractivity contribution in [3.05, 3.63) is 24.4 Å². The number of nitrogens with zero attached hydrogens (tertiary/aromatic N) is 2. The van der Waals surface area contributed by atoms with Crippen molar-refractivity contribution >= 4 is 26.6 Å². The summed E-state index contributed by atoms with van der Waals surface area (Å²) in [7, 11) is -3.25. The zero-order valence-electron chi connectivity index (χ0n) is 11.3. The molecule has 0 aliphatic rings. The largest absolute Gasteiger partial charge is 0.283 e. The van der Waals surface area contributed by atoms with Gasteiger partial charge >= 0.3 is 0 Å². The Morgan fingerprint density at radius 3 is 2.79 bits per heavy atom. The van der Waals surface area contributed by atoms with Crippen LogP contribution in [0.4, 0.5) is 5.69 Å². The van der Waals surface area contributed by atoms with Gasteiger partial charge in [-0.25, -0.2) is 8.42 Å². The quantitative estimate of drug-likeness (QED) is 0.885. The van der Waals surface area contributed by atoms with Crippen molar-refractivity contribution in [3.63, 3.8) is 0 Å². The van der Waals surface area contributed by atoms with Gasteiger partial charge in [-0.05, 0) is 31.5 Å². The van der Waals surface area contributed by atoms with Crippen molar-refractivity contribution in [1.82, 2.24) is 9.78 Å². The lowest BCUT2D eigenvalue weighted by Crippen LogP contribution is -2.16. The van der Waals surface area contributed by atoms with Gasteiger partial charge in [0.2, 0.25) is 10.0 Å². The number of hydrogen-bond donors (Lipinski definition) is 1. The van der Waals surface area contributed by atoms with Crippen LogP contribution in [0.2, 0.25) is 0 Å².